The van der Waals surface area contributed by atoms with E-state index in [4.69, 9.17) is 4.74 Å². The second-order valence-corrected chi connectivity index (χ2v) is 3.71. The van der Waals surface area contributed by atoms with Gasteiger partial charge in [-0.25, -0.2) is 0 Å². The van der Waals surface area contributed by atoms with Gasteiger partial charge in [-0.2, -0.15) is 0 Å². The lowest BCUT2D eigenvalue weighted by atomic mass is 10.3. The maximum atomic E-state index is 9.27. The highest BCUT2D eigenvalue weighted by Crippen LogP contribution is 2.08. The minimum absolute atomic E-state index is 0.0865. The summed E-state index contributed by atoms with van der Waals surface area (Å²) in [5, 5.41) is 9.27. The Morgan fingerprint density at radius 1 is 1.46 bits per heavy atom. The van der Waals surface area contributed by atoms with Crippen LogP contribution in [0.4, 0.5) is 0 Å². The van der Waals surface area contributed by atoms with Crippen LogP contribution in [0.5, 0.6) is 0 Å². The molecular weight excluding hydrogens is 166 g/mol. The van der Waals surface area contributed by atoms with E-state index < -0.39 is 0 Å². The molecule has 3 nitrogen and oxygen atoms in total. The Bertz CT molecular complexity index is 130. The highest BCUT2D eigenvalue weighted by atomic mass is 16.5. The third-order valence-electron chi connectivity index (χ3n) is 2.36. The summed E-state index contributed by atoms with van der Waals surface area (Å²) in [5.74, 6) is 0. The van der Waals surface area contributed by atoms with E-state index in [0.717, 1.165) is 52.1 Å². The summed E-state index contributed by atoms with van der Waals surface area (Å²) < 4.78 is 5.38. The highest BCUT2D eigenvalue weighted by molar-refractivity contribution is 4.73. The number of ether oxygens (including phenoxy) is 1. The van der Waals surface area contributed by atoms with E-state index in [0.29, 0.717) is 0 Å². The van der Waals surface area contributed by atoms with Crippen LogP contribution in [0.15, 0.2) is 0 Å². The fourth-order valence-corrected chi connectivity index (χ4v) is 1.65. The third kappa shape index (κ3) is 4.60. The van der Waals surface area contributed by atoms with Crippen molar-refractivity contribution in [2.75, 3.05) is 32.8 Å². The van der Waals surface area contributed by atoms with Gasteiger partial charge in [0.2, 0.25) is 0 Å². The first-order valence-corrected chi connectivity index (χ1v) is 5.31. The van der Waals surface area contributed by atoms with Crippen LogP contribution in [-0.4, -0.2) is 49.0 Å². The van der Waals surface area contributed by atoms with E-state index in [1.165, 1.54) is 0 Å². The number of likely N-dealkylation sites (tertiary alicyclic amines) is 1. The molecule has 0 aromatic carbocycles. The molecule has 1 saturated heterocycles. The summed E-state index contributed by atoms with van der Waals surface area (Å²) in [6.07, 6.45) is 3.04. The summed E-state index contributed by atoms with van der Waals surface area (Å²) >= 11 is 0. The smallest absolute Gasteiger partial charge is 0.0679 e. The first-order chi connectivity index (χ1) is 6.33. The predicted molar refractivity (Wildman–Crippen MR) is 52.8 cm³/mol. The topological polar surface area (TPSA) is 32.7 Å². The summed E-state index contributed by atoms with van der Waals surface area (Å²) in [5.41, 5.74) is 0. The number of nitrogens with zero attached hydrogens (tertiary/aromatic N) is 1. The minimum Gasteiger partial charge on any atom is -0.392 e. The monoisotopic (exact) mass is 187 g/mol. The average Bonchev–Trinajstić information content (AvgIpc) is 2.51. The zero-order chi connectivity index (χ0) is 9.52. The van der Waals surface area contributed by atoms with Crippen LogP contribution < -0.4 is 0 Å². The maximum Gasteiger partial charge on any atom is 0.0679 e. The number of β-amino-alcohol motifs (C(OH)–C–C–N with tert-alkyl or cyclic N) is 1. The molecule has 78 valence electrons. The Hall–Kier alpha value is -0.120. The second-order valence-electron chi connectivity index (χ2n) is 3.71. The number of aliphatic hydroxyl groups excluding tert-OH is 1. The molecule has 0 aromatic rings. The normalized spacial score (nSPS) is 24.0. The number of rotatable bonds is 6. The summed E-state index contributed by atoms with van der Waals surface area (Å²) in [7, 11) is 0. The van der Waals surface area contributed by atoms with Crippen molar-refractivity contribution < 1.29 is 9.84 Å². The van der Waals surface area contributed by atoms with Gasteiger partial charge in [-0.1, -0.05) is 6.92 Å². The fourth-order valence-electron chi connectivity index (χ4n) is 1.65. The SMILES string of the molecule is CCCOCCCN1CC[C@H](O)C1. The van der Waals surface area contributed by atoms with Gasteiger partial charge < -0.3 is 14.7 Å². The first-order valence-electron chi connectivity index (χ1n) is 5.31. The second kappa shape index (κ2) is 6.35. The summed E-state index contributed by atoms with van der Waals surface area (Å²) in [6.45, 7) is 6.84. The van der Waals surface area contributed by atoms with E-state index in [9.17, 15) is 5.11 Å². The lowest BCUT2D eigenvalue weighted by Gasteiger charge is -2.14. The molecule has 1 fully saturated rings. The lowest BCUT2D eigenvalue weighted by Crippen LogP contribution is -2.24. The largest absolute Gasteiger partial charge is 0.392 e. The van der Waals surface area contributed by atoms with Crippen LogP contribution in [0, 0.1) is 0 Å². The molecule has 0 bridgehead atoms. The van der Waals surface area contributed by atoms with Crippen LogP contribution in [0.2, 0.25) is 0 Å². The van der Waals surface area contributed by atoms with Crippen molar-refractivity contribution >= 4 is 0 Å². The van der Waals surface area contributed by atoms with E-state index in [2.05, 4.69) is 11.8 Å². The Kier molecular flexibility index (Phi) is 5.35. The van der Waals surface area contributed by atoms with Gasteiger partial charge in [0.25, 0.3) is 0 Å². The Balaban J connectivity index is 1.88. The molecule has 0 aliphatic carbocycles. The van der Waals surface area contributed by atoms with Crippen molar-refractivity contribution in [1.29, 1.82) is 0 Å². The van der Waals surface area contributed by atoms with Crippen LogP contribution in [-0.2, 0) is 4.74 Å². The summed E-state index contributed by atoms with van der Waals surface area (Å²) in [6, 6.07) is 0. The quantitative estimate of drug-likeness (QED) is 0.626. The van der Waals surface area contributed by atoms with Crippen LogP contribution in [0.25, 0.3) is 0 Å². The highest BCUT2D eigenvalue weighted by Gasteiger charge is 2.18. The molecule has 1 aliphatic rings. The molecule has 1 heterocycles. The van der Waals surface area contributed by atoms with Gasteiger partial charge in [-0.3, -0.25) is 0 Å². The standard InChI is InChI=1S/C10H21NO2/c1-2-7-13-8-3-5-11-6-4-10(12)9-11/h10,12H,2-9H2,1H3/t10-/m0/s1. The lowest BCUT2D eigenvalue weighted by molar-refractivity contribution is 0.120. The van der Waals surface area contributed by atoms with E-state index in [1.54, 1.807) is 0 Å². The van der Waals surface area contributed by atoms with Crippen LogP contribution in [0.1, 0.15) is 26.2 Å². The fraction of sp³-hybridized carbons (Fsp3) is 1.00. The molecule has 3 heteroatoms. The summed E-state index contributed by atoms with van der Waals surface area (Å²) in [4.78, 5) is 2.31. The average molecular weight is 187 g/mol. The molecule has 0 saturated carbocycles. The Labute approximate surface area is 80.7 Å². The Morgan fingerprint density at radius 2 is 2.31 bits per heavy atom. The van der Waals surface area contributed by atoms with Gasteiger partial charge in [0, 0.05) is 32.8 Å². The van der Waals surface area contributed by atoms with Crippen molar-refractivity contribution in [2.45, 2.75) is 32.3 Å². The van der Waals surface area contributed by atoms with Crippen molar-refractivity contribution in [3.63, 3.8) is 0 Å². The van der Waals surface area contributed by atoms with Gasteiger partial charge >= 0.3 is 0 Å². The zero-order valence-corrected chi connectivity index (χ0v) is 8.54. The third-order valence-corrected chi connectivity index (χ3v) is 2.36. The molecule has 1 rings (SSSR count). The molecule has 13 heavy (non-hydrogen) atoms. The number of hydrogen-bond acceptors (Lipinski definition) is 3. The minimum atomic E-state index is -0.0865. The molecule has 1 N–H and O–H groups in total. The number of hydrogen-bond donors (Lipinski definition) is 1. The molecule has 1 aliphatic heterocycles. The van der Waals surface area contributed by atoms with Gasteiger partial charge in [0.1, 0.15) is 0 Å². The van der Waals surface area contributed by atoms with Gasteiger partial charge in [0.15, 0.2) is 0 Å². The van der Waals surface area contributed by atoms with Gasteiger partial charge in [-0.15, -0.1) is 0 Å². The van der Waals surface area contributed by atoms with Crippen molar-refractivity contribution in [3.05, 3.63) is 0 Å². The van der Waals surface area contributed by atoms with Crippen LogP contribution in [0.3, 0.4) is 0 Å². The van der Waals surface area contributed by atoms with Crippen molar-refractivity contribution in [3.8, 4) is 0 Å². The maximum absolute atomic E-state index is 9.27. The van der Waals surface area contributed by atoms with Crippen LogP contribution >= 0.6 is 0 Å². The van der Waals surface area contributed by atoms with E-state index in [1.807, 2.05) is 0 Å². The molecule has 0 radical (unpaired) electrons. The zero-order valence-electron chi connectivity index (χ0n) is 8.54. The Morgan fingerprint density at radius 3 is 2.92 bits per heavy atom. The van der Waals surface area contributed by atoms with Crippen molar-refractivity contribution in [2.24, 2.45) is 0 Å². The molecule has 0 aromatic heterocycles. The first kappa shape index (κ1) is 11.0. The van der Waals surface area contributed by atoms with E-state index in [-0.39, 0.29) is 6.10 Å². The molecular formula is C10H21NO2. The molecule has 0 spiro atoms. The van der Waals surface area contributed by atoms with Gasteiger partial charge in [0.05, 0.1) is 6.10 Å². The van der Waals surface area contributed by atoms with E-state index >= 15 is 0 Å². The molecule has 0 unspecified atom stereocenters. The molecule has 1 atom stereocenters. The van der Waals surface area contributed by atoms with Crippen molar-refractivity contribution in [1.82, 2.24) is 4.90 Å². The van der Waals surface area contributed by atoms with Gasteiger partial charge in [-0.05, 0) is 19.3 Å². The predicted octanol–water partition coefficient (Wildman–Crippen LogP) is 0.870. The number of aliphatic hydroxyl groups is 1. The molecule has 0 amide bonds.